The summed E-state index contributed by atoms with van der Waals surface area (Å²) < 4.78 is 4.37. The minimum absolute atomic E-state index is 0.0876. The van der Waals surface area contributed by atoms with E-state index < -0.39 is 5.97 Å². The molecule has 7 heteroatoms. The molecule has 22 heavy (non-hydrogen) atoms. The van der Waals surface area contributed by atoms with Crippen molar-refractivity contribution >= 4 is 34.2 Å². The fourth-order valence-electron chi connectivity index (χ4n) is 2.01. The monoisotopic (exact) mass is 339 g/mol. The first-order valence-electron chi connectivity index (χ1n) is 7.01. The Balaban J connectivity index is 2.07. The number of carbonyl (C=O) groups is 1. The second kappa shape index (κ2) is 7.56. The predicted molar refractivity (Wildman–Crippen MR) is 88.9 cm³/mol. The van der Waals surface area contributed by atoms with Crippen LogP contribution in [0, 0.1) is 0 Å². The van der Waals surface area contributed by atoms with Crippen LogP contribution in [0.15, 0.2) is 24.3 Å². The van der Waals surface area contributed by atoms with Crippen molar-refractivity contribution in [1.29, 1.82) is 0 Å². The van der Waals surface area contributed by atoms with Gasteiger partial charge in [-0.1, -0.05) is 23.7 Å². The third kappa shape index (κ3) is 4.68. The molecule has 0 aliphatic rings. The fourth-order valence-corrected chi connectivity index (χ4v) is 2.98. The molecule has 0 aliphatic carbocycles. The number of carboxylic acid groups (broad SMARTS) is 1. The van der Waals surface area contributed by atoms with Crippen LogP contribution in [-0.2, 0) is 11.2 Å². The quantitative estimate of drug-likeness (QED) is 0.836. The van der Waals surface area contributed by atoms with Gasteiger partial charge in [0, 0.05) is 35.6 Å². The van der Waals surface area contributed by atoms with E-state index in [2.05, 4.69) is 9.36 Å². The summed E-state index contributed by atoms with van der Waals surface area (Å²) in [7, 11) is 0. The average molecular weight is 340 g/mol. The Morgan fingerprint density at radius 2 is 2.05 bits per heavy atom. The van der Waals surface area contributed by atoms with Crippen molar-refractivity contribution in [2.24, 2.45) is 0 Å². The van der Waals surface area contributed by atoms with Gasteiger partial charge >= 0.3 is 5.97 Å². The number of benzene rings is 1. The fraction of sp³-hybridized carbons (Fsp3) is 0.400. The number of hydrogen-bond donors (Lipinski definition) is 1. The number of halogens is 1. The first kappa shape index (κ1) is 16.7. The van der Waals surface area contributed by atoms with Gasteiger partial charge in [-0.15, -0.1) is 0 Å². The van der Waals surface area contributed by atoms with Crippen LogP contribution in [0.2, 0.25) is 5.02 Å². The number of rotatable bonds is 7. The van der Waals surface area contributed by atoms with Crippen LogP contribution >= 0.6 is 23.1 Å². The highest BCUT2D eigenvalue weighted by molar-refractivity contribution is 7.09. The Labute approximate surface area is 138 Å². The summed E-state index contributed by atoms with van der Waals surface area (Å²) >= 11 is 7.18. The molecular weight excluding hydrogens is 322 g/mol. The molecule has 1 N–H and O–H groups in total. The molecule has 2 aromatic rings. The van der Waals surface area contributed by atoms with E-state index in [9.17, 15) is 4.79 Å². The Hall–Kier alpha value is -1.66. The number of carboxylic acids is 1. The van der Waals surface area contributed by atoms with Crippen molar-refractivity contribution in [2.75, 3.05) is 11.4 Å². The Morgan fingerprint density at radius 1 is 1.36 bits per heavy atom. The van der Waals surface area contributed by atoms with Crippen molar-refractivity contribution in [3.05, 3.63) is 40.7 Å². The molecule has 0 unspecified atom stereocenters. The normalized spacial score (nSPS) is 10.9. The summed E-state index contributed by atoms with van der Waals surface area (Å²) in [6, 6.07) is 7.77. The van der Waals surface area contributed by atoms with E-state index in [1.165, 1.54) is 11.5 Å². The zero-order valence-electron chi connectivity index (χ0n) is 12.5. The summed E-state index contributed by atoms with van der Waals surface area (Å²) in [4.78, 5) is 17.3. The Bertz CT molecular complexity index is 628. The summed E-state index contributed by atoms with van der Waals surface area (Å²) in [5.41, 5.74) is 1.09. The van der Waals surface area contributed by atoms with Crippen LogP contribution < -0.4 is 4.90 Å². The molecule has 0 fully saturated rings. The molecule has 0 amide bonds. The topological polar surface area (TPSA) is 66.3 Å². The van der Waals surface area contributed by atoms with Crippen molar-refractivity contribution in [2.45, 2.75) is 32.7 Å². The van der Waals surface area contributed by atoms with Crippen molar-refractivity contribution in [3.8, 4) is 0 Å². The molecule has 0 atom stereocenters. The van der Waals surface area contributed by atoms with Gasteiger partial charge in [-0.05, 0) is 31.5 Å². The molecule has 118 valence electrons. The lowest BCUT2D eigenvalue weighted by molar-refractivity contribution is -0.136. The minimum Gasteiger partial charge on any atom is -0.481 e. The van der Waals surface area contributed by atoms with Crippen LogP contribution in [0.25, 0.3) is 0 Å². The highest BCUT2D eigenvalue weighted by atomic mass is 35.5. The van der Waals surface area contributed by atoms with Crippen LogP contribution in [-0.4, -0.2) is 33.0 Å². The van der Waals surface area contributed by atoms with Crippen molar-refractivity contribution in [1.82, 2.24) is 9.36 Å². The van der Waals surface area contributed by atoms with E-state index >= 15 is 0 Å². The van der Waals surface area contributed by atoms with Crippen LogP contribution in [0.4, 0.5) is 5.13 Å². The summed E-state index contributed by atoms with van der Waals surface area (Å²) in [6.07, 6.45) is 0.725. The zero-order chi connectivity index (χ0) is 16.1. The average Bonchev–Trinajstić information content (AvgIpc) is 2.89. The maximum Gasteiger partial charge on any atom is 0.305 e. The molecule has 0 aliphatic heterocycles. The molecule has 0 saturated carbocycles. The third-order valence-corrected chi connectivity index (χ3v) is 4.21. The number of aliphatic carboxylic acids is 1. The van der Waals surface area contributed by atoms with Gasteiger partial charge in [0.2, 0.25) is 5.13 Å². The number of aromatic nitrogens is 2. The third-order valence-electron chi connectivity index (χ3n) is 3.17. The summed E-state index contributed by atoms with van der Waals surface area (Å²) in [6.45, 7) is 4.47. The predicted octanol–water partition coefficient (Wildman–Crippen LogP) is 3.47. The van der Waals surface area contributed by atoms with Crippen molar-refractivity contribution < 1.29 is 9.90 Å². The molecule has 2 rings (SSSR count). The Morgan fingerprint density at radius 3 is 2.64 bits per heavy atom. The molecule has 5 nitrogen and oxygen atoms in total. The Kier molecular flexibility index (Phi) is 5.74. The van der Waals surface area contributed by atoms with E-state index in [-0.39, 0.29) is 12.5 Å². The lowest BCUT2D eigenvalue weighted by Gasteiger charge is -2.24. The van der Waals surface area contributed by atoms with E-state index in [0.717, 1.165) is 16.5 Å². The molecule has 1 aromatic heterocycles. The highest BCUT2D eigenvalue weighted by Gasteiger charge is 2.17. The lowest BCUT2D eigenvalue weighted by Crippen LogP contribution is -2.32. The van der Waals surface area contributed by atoms with Gasteiger partial charge in [0.25, 0.3) is 0 Å². The summed E-state index contributed by atoms with van der Waals surface area (Å²) in [5, 5.41) is 10.3. The largest absolute Gasteiger partial charge is 0.481 e. The van der Waals surface area contributed by atoms with E-state index in [4.69, 9.17) is 16.7 Å². The summed E-state index contributed by atoms with van der Waals surface area (Å²) in [5.74, 6) is -0.0696. The second-order valence-electron chi connectivity index (χ2n) is 5.23. The molecular formula is C15H18ClN3O2S. The van der Waals surface area contributed by atoms with Gasteiger partial charge < -0.3 is 10.0 Å². The van der Waals surface area contributed by atoms with E-state index in [1.807, 2.05) is 43.0 Å². The molecule has 1 heterocycles. The molecule has 0 radical (unpaired) electrons. The maximum absolute atomic E-state index is 10.8. The highest BCUT2D eigenvalue weighted by Crippen LogP contribution is 2.21. The molecule has 0 spiro atoms. The van der Waals surface area contributed by atoms with Gasteiger partial charge in [0.15, 0.2) is 0 Å². The van der Waals surface area contributed by atoms with Gasteiger partial charge in [0.05, 0.1) is 6.42 Å². The zero-order valence-corrected chi connectivity index (χ0v) is 14.1. The maximum atomic E-state index is 10.8. The standard InChI is InChI=1S/C15H18ClN3O2S/c1-10(2)19(8-7-14(20)21)15-17-13(18-22-15)9-11-3-5-12(16)6-4-11/h3-6,10H,7-9H2,1-2H3,(H,20,21). The van der Waals surface area contributed by atoms with E-state index in [0.29, 0.717) is 18.0 Å². The van der Waals surface area contributed by atoms with Crippen LogP contribution in [0.5, 0.6) is 0 Å². The van der Waals surface area contributed by atoms with E-state index in [1.54, 1.807) is 0 Å². The van der Waals surface area contributed by atoms with Gasteiger partial charge in [-0.3, -0.25) is 4.79 Å². The number of nitrogens with zero attached hydrogens (tertiary/aromatic N) is 3. The van der Waals surface area contributed by atoms with Crippen molar-refractivity contribution in [3.63, 3.8) is 0 Å². The first-order chi connectivity index (χ1) is 10.5. The molecule has 0 saturated heterocycles. The lowest BCUT2D eigenvalue weighted by atomic mass is 10.1. The van der Waals surface area contributed by atoms with Gasteiger partial charge in [-0.2, -0.15) is 4.37 Å². The SMILES string of the molecule is CC(C)N(CCC(=O)O)c1nc(Cc2ccc(Cl)cc2)ns1. The smallest absolute Gasteiger partial charge is 0.305 e. The van der Waals surface area contributed by atoms with Gasteiger partial charge in [0.1, 0.15) is 5.82 Å². The second-order valence-corrected chi connectivity index (χ2v) is 6.39. The minimum atomic E-state index is -0.809. The number of hydrogen-bond acceptors (Lipinski definition) is 5. The molecule has 0 bridgehead atoms. The molecule has 1 aromatic carbocycles. The number of anilines is 1. The van der Waals surface area contributed by atoms with Crippen LogP contribution in [0.3, 0.4) is 0 Å². The van der Waals surface area contributed by atoms with Gasteiger partial charge in [-0.25, -0.2) is 4.98 Å². The first-order valence-corrected chi connectivity index (χ1v) is 8.16. The van der Waals surface area contributed by atoms with Crippen LogP contribution in [0.1, 0.15) is 31.7 Å².